The van der Waals surface area contributed by atoms with Crippen LogP contribution in [-0.2, 0) is 0 Å². The summed E-state index contributed by atoms with van der Waals surface area (Å²) in [5.74, 6) is 0.719. The molecule has 32 heavy (non-hydrogen) atoms. The molecule has 0 fully saturated rings. The molecule has 0 saturated carbocycles. The maximum atomic E-state index is 4.68. The van der Waals surface area contributed by atoms with Crippen LogP contribution in [0.3, 0.4) is 0 Å². The van der Waals surface area contributed by atoms with Crippen LogP contribution in [-0.4, -0.2) is 27.0 Å². The van der Waals surface area contributed by atoms with Crippen LogP contribution < -0.4 is 10.6 Å². The minimum atomic E-state index is -0.0442. The molecule has 0 aliphatic heterocycles. The molecule has 0 saturated heterocycles. The topological polar surface area (TPSA) is 78.5 Å². The first-order valence-electron chi connectivity index (χ1n) is 10.5. The molecule has 3 N–H and O–H groups in total. The molecule has 0 aliphatic rings. The van der Waals surface area contributed by atoms with Gasteiger partial charge in [-0.2, -0.15) is 0 Å². The van der Waals surface area contributed by atoms with Crippen LogP contribution in [0.1, 0.15) is 32.2 Å². The van der Waals surface area contributed by atoms with E-state index in [4.69, 9.17) is 0 Å². The fourth-order valence-electron chi connectivity index (χ4n) is 3.35. The van der Waals surface area contributed by atoms with Crippen LogP contribution in [0, 0.1) is 5.41 Å². The Labute approximate surface area is 188 Å². The lowest BCUT2D eigenvalue weighted by Crippen LogP contribution is -2.15. The summed E-state index contributed by atoms with van der Waals surface area (Å²) < 4.78 is 0. The highest BCUT2D eigenvalue weighted by atomic mass is 14.9. The zero-order chi connectivity index (χ0) is 22.9. The molecule has 0 bridgehead atoms. The van der Waals surface area contributed by atoms with Gasteiger partial charge in [0.25, 0.3) is 0 Å². The number of rotatable bonds is 6. The molecule has 0 atom stereocenters. The number of hydrogen-bond donors (Lipinski definition) is 3. The quantitative estimate of drug-likeness (QED) is 0.349. The van der Waals surface area contributed by atoms with Gasteiger partial charge in [-0.05, 0) is 29.8 Å². The molecular weight excluding hydrogens is 396 g/mol. The number of aromatic nitrogens is 4. The number of allylic oxidation sites excluding steroid dienone is 1. The molecule has 4 rings (SSSR count). The van der Waals surface area contributed by atoms with Gasteiger partial charge >= 0.3 is 0 Å². The molecular formula is C26H28N6. The largest absolute Gasteiger partial charge is 0.388 e. The van der Waals surface area contributed by atoms with Gasteiger partial charge in [-0.3, -0.25) is 9.97 Å². The zero-order valence-electron chi connectivity index (χ0n) is 19.0. The number of fused-ring (bicyclic) bond motifs is 1. The summed E-state index contributed by atoms with van der Waals surface area (Å²) in [5, 5.41) is 6.64. The van der Waals surface area contributed by atoms with Gasteiger partial charge in [0.1, 0.15) is 5.82 Å². The van der Waals surface area contributed by atoms with Gasteiger partial charge in [-0.15, -0.1) is 0 Å². The molecule has 4 aromatic rings. The second kappa shape index (κ2) is 8.30. The zero-order valence-corrected chi connectivity index (χ0v) is 19.0. The second-order valence-electron chi connectivity index (χ2n) is 8.78. The predicted octanol–water partition coefficient (Wildman–Crippen LogP) is 6.09. The third kappa shape index (κ3) is 4.25. The van der Waals surface area contributed by atoms with Gasteiger partial charge in [0, 0.05) is 52.9 Å². The van der Waals surface area contributed by atoms with E-state index in [9.17, 15) is 0 Å². The number of H-pyrrole nitrogens is 1. The normalized spacial score (nSPS) is 11.4. The Hall–Kier alpha value is -3.93. The molecule has 6 heteroatoms. The summed E-state index contributed by atoms with van der Waals surface area (Å²) in [5.41, 5.74) is 8.33. The number of nitrogens with zero attached hydrogens (tertiary/aromatic N) is 3. The Morgan fingerprint density at radius 2 is 1.78 bits per heavy atom. The molecule has 162 valence electrons. The second-order valence-corrected chi connectivity index (χ2v) is 8.78. The molecule has 0 spiro atoms. The van der Waals surface area contributed by atoms with Crippen molar-refractivity contribution >= 4 is 28.0 Å². The van der Waals surface area contributed by atoms with Crippen LogP contribution >= 0.6 is 0 Å². The van der Waals surface area contributed by atoms with E-state index in [0.717, 1.165) is 56.2 Å². The van der Waals surface area contributed by atoms with Gasteiger partial charge in [0.2, 0.25) is 0 Å². The van der Waals surface area contributed by atoms with Crippen molar-refractivity contribution in [1.29, 1.82) is 0 Å². The van der Waals surface area contributed by atoms with Crippen molar-refractivity contribution < 1.29 is 0 Å². The molecule has 1 aromatic carbocycles. The maximum Gasteiger partial charge on any atom is 0.138 e. The first kappa shape index (κ1) is 21.3. The van der Waals surface area contributed by atoms with Crippen molar-refractivity contribution in [3.8, 4) is 11.1 Å². The van der Waals surface area contributed by atoms with Gasteiger partial charge in [0.15, 0.2) is 0 Å². The molecule has 0 aliphatic carbocycles. The van der Waals surface area contributed by atoms with E-state index in [-0.39, 0.29) is 5.41 Å². The van der Waals surface area contributed by atoms with E-state index < -0.39 is 0 Å². The number of hydrogen-bond acceptors (Lipinski definition) is 5. The van der Waals surface area contributed by atoms with E-state index in [2.05, 4.69) is 82.7 Å². The molecule has 0 amide bonds. The number of pyridine rings is 2. The first-order valence-corrected chi connectivity index (χ1v) is 10.5. The van der Waals surface area contributed by atoms with Crippen molar-refractivity contribution in [3.05, 3.63) is 85.4 Å². The van der Waals surface area contributed by atoms with Crippen LogP contribution in [0.4, 0.5) is 11.4 Å². The highest BCUT2D eigenvalue weighted by Crippen LogP contribution is 2.33. The lowest BCUT2D eigenvalue weighted by atomic mass is 9.92. The predicted molar refractivity (Wildman–Crippen MR) is 133 cm³/mol. The van der Waals surface area contributed by atoms with E-state index in [1.54, 1.807) is 12.4 Å². The Bertz CT molecular complexity index is 1280. The lowest BCUT2D eigenvalue weighted by Gasteiger charge is -2.23. The highest BCUT2D eigenvalue weighted by molar-refractivity contribution is 5.88. The summed E-state index contributed by atoms with van der Waals surface area (Å²) in [6.45, 7) is 14.9. The maximum absolute atomic E-state index is 4.68. The van der Waals surface area contributed by atoms with E-state index in [1.165, 1.54) is 0 Å². The Balaban J connectivity index is 1.70. The van der Waals surface area contributed by atoms with E-state index in [0.29, 0.717) is 0 Å². The Morgan fingerprint density at radius 3 is 2.50 bits per heavy atom. The molecule has 0 unspecified atom stereocenters. The fourth-order valence-corrected chi connectivity index (χ4v) is 3.35. The third-order valence-electron chi connectivity index (χ3n) is 5.46. The van der Waals surface area contributed by atoms with Crippen molar-refractivity contribution in [2.24, 2.45) is 5.41 Å². The summed E-state index contributed by atoms with van der Waals surface area (Å²) in [4.78, 5) is 16.6. The van der Waals surface area contributed by atoms with Crippen molar-refractivity contribution in [1.82, 2.24) is 19.9 Å². The van der Waals surface area contributed by atoms with Crippen LogP contribution in [0.5, 0.6) is 0 Å². The minimum absolute atomic E-state index is 0.0442. The summed E-state index contributed by atoms with van der Waals surface area (Å²) in [6.07, 6.45) is 7.17. The molecule has 3 heterocycles. The van der Waals surface area contributed by atoms with Gasteiger partial charge in [-0.1, -0.05) is 40.0 Å². The summed E-state index contributed by atoms with van der Waals surface area (Å²) in [6, 6.07) is 10.2. The fraction of sp³-hybridized carbons (Fsp3) is 0.192. The average Bonchev–Trinajstić information content (AvgIpc) is 3.22. The highest BCUT2D eigenvalue weighted by Gasteiger charge is 2.16. The van der Waals surface area contributed by atoms with Gasteiger partial charge < -0.3 is 15.6 Å². The Morgan fingerprint density at radius 1 is 0.969 bits per heavy atom. The smallest absolute Gasteiger partial charge is 0.138 e. The molecule has 0 radical (unpaired) electrons. The van der Waals surface area contributed by atoms with E-state index >= 15 is 0 Å². The summed E-state index contributed by atoms with van der Waals surface area (Å²) in [7, 11) is 1.90. The monoisotopic (exact) mass is 424 g/mol. The van der Waals surface area contributed by atoms with Gasteiger partial charge in [0.05, 0.1) is 29.1 Å². The Kier molecular flexibility index (Phi) is 5.53. The van der Waals surface area contributed by atoms with Crippen molar-refractivity contribution in [3.63, 3.8) is 0 Å². The number of nitrogens with one attached hydrogen (secondary N) is 3. The first-order chi connectivity index (χ1) is 15.3. The summed E-state index contributed by atoms with van der Waals surface area (Å²) >= 11 is 0. The molecule has 3 aromatic heterocycles. The van der Waals surface area contributed by atoms with Gasteiger partial charge in [-0.25, -0.2) is 4.98 Å². The SMILES string of the molecule is C=C(c1nc2ccncc2[nH]1)c1cc(-c2cncc(NC(=C)C(C)(C)C)c2)ccc1NC. The number of aromatic amines is 1. The van der Waals surface area contributed by atoms with Crippen molar-refractivity contribution in [2.75, 3.05) is 17.7 Å². The van der Waals surface area contributed by atoms with E-state index in [1.807, 2.05) is 31.6 Å². The molecule has 6 nitrogen and oxygen atoms in total. The minimum Gasteiger partial charge on any atom is -0.388 e. The average molecular weight is 425 g/mol. The van der Waals surface area contributed by atoms with Crippen LogP contribution in [0.2, 0.25) is 0 Å². The van der Waals surface area contributed by atoms with Crippen LogP contribution in [0.15, 0.2) is 74.0 Å². The van der Waals surface area contributed by atoms with Crippen LogP contribution in [0.25, 0.3) is 27.7 Å². The third-order valence-corrected chi connectivity index (χ3v) is 5.46. The number of benzene rings is 1. The number of imidazole rings is 1. The lowest BCUT2D eigenvalue weighted by molar-refractivity contribution is 0.509. The standard InChI is InChI=1S/C26H28N6/c1-16(25-31-23-9-10-28-15-24(23)32-25)21-12-18(7-8-22(21)27-6)19-11-20(14-29-13-19)30-17(2)26(3,4)5/h7-15,27,30H,1-2H2,3-6H3,(H,31,32). The number of anilines is 2. The van der Waals surface area contributed by atoms with Crippen molar-refractivity contribution in [2.45, 2.75) is 20.8 Å².